The number of aromatic nitrogens is 2. The van der Waals surface area contributed by atoms with E-state index in [2.05, 4.69) is 10.3 Å². The first-order chi connectivity index (χ1) is 12.6. The Morgan fingerprint density at radius 2 is 1.92 bits per heavy atom. The first-order valence-electron chi connectivity index (χ1n) is 8.51. The molecule has 0 saturated carbocycles. The number of pyridine rings is 1. The summed E-state index contributed by atoms with van der Waals surface area (Å²) in [6, 6.07) is 9.53. The van der Waals surface area contributed by atoms with Crippen molar-refractivity contribution in [2.45, 2.75) is 19.8 Å². The van der Waals surface area contributed by atoms with Gasteiger partial charge in [-0.15, -0.1) is 0 Å². The summed E-state index contributed by atoms with van der Waals surface area (Å²) in [6.07, 6.45) is 5.04. The summed E-state index contributed by atoms with van der Waals surface area (Å²) >= 11 is 0. The highest BCUT2D eigenvalue weighted by molar-refractivity contribution is 5.78. The number of amides is 1. The molecule has 136 valence electrons. The molecule has 3 rings (SSSR count). The standard InChI is InChI=1S/C20H23N3O3/c1-14-4-7-19-22-16(13-23(19)12-14)8-9-21-20(24)11-15-5-6-17(25-2)18(10-15)26-3/h4-7,10,12-13H,8-9,11H2,1-3H3,(H,21,24). The summed E-state index contributed by atoms with van der Waals surface area (Å²) in [7, 11) is 3.17. The van der Waals surface area contributed by atoms with Gasteiger partial charge in [0.15, 0.2) is 11.5 Å². The number of nitrogens with zero attached hydrogens (tertiary/aromatic N) is 2. The second-order valence-electron chi connectivity index (χ2n) is 6.17. The summed E-state index contributed by atoms with van der Waals surface area (Å²) in [5.41, 5.74) is 3.94. The number of fused-ring (bicyclic) bond motifs is 1. The monoisotopic (exact) mass is 353 g/mol. The van der Waals surface area contributed by atoms with Gasteiger partial charge in [-0.05, 0) is 36.2 Å². The number of ether oxygens (including phenoxy) is 2. The Balaban J connectivity index is 1.53. The van der Waals surface area contributed by atoms with E-state index in [9.17, 15) is 4.79 Å². The van der Waals surface area contributed by atoms with Gasteiger partial charge in [0.25, 0.3) is 0 Å². The average Bonchev–Trinajstić information content (AvgIpc) is 3.03. The van der Waals surface area contributed by atoms with Crippen LogP contribution in [0.5, 0.6) is 11.5 Å². The van der Waals surface area contributed by atoms with Crippen molar-refractivity contribution in [3.8, 4) is 11.5 Å². The maximum Gasteiger partial charge on any atom is 0.224 e. The lowest BCUT2D eigenvalue weighted by Crippen LogP contribution is -2.27. The summed E-state index contributed by atoms with van der Waals surface area (Å²) in [4.78, 5) is 16.7. The fraction of sp³-hybridized carbons (Fsp3) is 0.300. The van der Waals surface area contributed by atoms with Crippen LogP contribution in [-0.2, 0) is 17.6 Å². The number of benzene rings is 1. The zero-order valence-corrected chi connectivity index (χ0v) is 15.3. The third-order valence-corrected chi connectivity index (χ3v) is 4.16. The van der Waals surface area contributed by atoms with Crippen LogP contribution in [-0.4, -0.2) is 36.1 Å². The van der Waals surface area contributed by atoms with E-state index in [1.165, 1.54) is 5.56 Å². The molecule has 2 aromatic heterocycles. The quantitative estimate of drug-likeness (QED) is 0.709. The molecule has 1 N–H and O–H groups in total. The van der Waals surface area contributed by atoms with Crippen LogP contribution < -0.4 is 14.8 Å². The maximum absolute atomic E-state index is 12.2. The van der Waals surface area contributed by atoms with E-state index in [0.717, 1.165) is 16.9 Å². The van der Waals surface area contributed by atoms with E-state index in [-0.39, 0.29) is 5.91 Å². The second kappa shape index (κ2) is 7.91. The molecule has 0 aliphatic heterocycles. The van der Waals surface area contributed by atoms with Crippen LogP contribution in [0.15, 0.2) is 42.7 Å². The number of nitrogens with one attached hydrogen (secondary N) is 1. The van der Waals surface area contributed by atoms with E-state index in [4.69, 9.17) is 9.47 Å². The average molecular weight is 353 g/mol. The van der Waals surface area contributed by atoms with Gasteiger partial charge in [-0.1, -0.05) is 12.1 Å². The number of carbonyl (C=O) groups excluding carboxylic acids is 1. The topological polar surface area (TPSA) is 64.9 Å². The molecule has 0 fully saturated rings. The third kappa shape index (κ3) is 4.14. The summed E-state index contributed by atoms with van der Waals surface area (Å²) < 4.78 is 12.5. The van der Waals surface area contributed by atoms with Gasteiger partial charge in [0.2, 0.25) is 5.91 Å². The van der Waals surface area contributed by atoms with Crippen molar-refractivity contribution in [2.24, 2.45) is 0 Å². The Morgan fingerprint density at radius 3 is 2.69 bits per heavy atom. The Hall–Kier alpha value is -3.02. The molecule has 2 heterocycles. The first-order valence-corrected chi connectivity index (χ1v) is 8.51. The van der Waals surface area contributed by atoms with E-state index in [1.807, 2.05) is 48.0 Å². The van der Waals surface area contributed by atoms with E-state index < -0.39 is 0 Å². The fourth-order valence-electron chi connectivity index (χ4n) is 2.84. The number of methoxy groups -OCH3 is 2. The summed E-state index contributed by atoms with van der Waals surface area (Å²) in [5.74, 6) is 1.24. The van der Waals surface area contributed by atoms with Gasteiger partial charge in [-0.25, -0.2) is 4.98 Å². The number of hydrogen-bond donors (Lipinski definition) is 1. The molecule has 0 spiro atoms. The predicted molar refractivity (Wildman–Crippen MR) is 99.9 cm³/mol. The number of hydrogen-bond acceptors (Lipinski definition) is 4. The van der Waals surface area contributed by atoms with Crippen molar-refractivity contribution in [3.05, 3.63) is 59.5 Å². The minimum atomic E-state index is -0.0307. The van der Waals surface area contributed by atoms with Crippen LogP contribution in [0.25, 0.3) is 5.65 Å². The van der Waals surface area contributed by atoms with Crippen molar-refractivity contribution >= 4 is 11.6 Å². The van der Waals surface area contributed by atoms with Crippen molar-refractivity contribution in [3.63, 3.8) is 0 Å². The molecule has 0 bridgehead atoms. The van der Waals surface area contributed by atoms with E-state index in [0.29, 0.717) is 30.9 Å². The summed E-state index contributed by atoms with van der Waals surface area (Å²) in [5, 5.41) is 2.94. The molecule has 26 heavy (non-hydrogen) atoms. The van der Waals surface area contributed by atoms with Gasteiger partial charge in [0.1, 0.15) is 5.65 Å². The molecule has 0 saturated heterocycles. The molecule has 6 heteroatoms. The maximum atomic E-state index is 12.2. The van der Waals surface area contributed by atoms with Crippen LogP contribution >= 0.6 is 0 Å². The third-order valence-electron chi connectivity index (χ3n) is 4.16. The zero-order chi connectivity index (χ0) is 18.5. The SMILES string of the molecule is COc1ccc(CC(=O)NCCc2cn3cc(C)ccc3n2)cc1OC. The molecule has 0 radical (unpaired) electrons. The van der Waals surface area contributed by atoms with Crippen LogP contribution in [0.1, 0.15) is 16.8 Å². The smallest absolute Gasteiger partial charge is 0.224 e. The Bertz CT molecular complexity index is 918. The Morgan fingerprint density at radius 1 is 1.12 bits per heavy atom. The lowest BCUT2D eigenvalue weighted by atomic mass is 10.1. The predicted octanol–water partition coefficient (Wildman–Crippen LogP) is 2.56. The number of carbonyl (C=O) groups is 1. The number of imidazole rings is 1. The molecule has 0 aliphatic rings. The lowest BCUT2D eigenvalue weighted by molar-refractivity contribution is -0.120. The van der Waals surface area contributed by atoms with Crippen molar-refractivity contribution in [1.82, 2.24) is 14.7 Å². The second-order valence-corrected chi connectivity index (χ2v) is 6.17. The molecule has 6 nitrogen and oxygen atoms in total. The van der Waals surface area contributed by atoms with Gasteiger partial charge in [-0.3, -0.25) is 4.79 Å². The molecule has 0 atom stereocenters. The molecule has 0 unspecified atom stereocenters. The van der Waals surface area contributed by atoms with Gasteiger partial charge in [0, 0.05) is 25.4 Å². The molecule has 3 aromatic rings. The molecule has 1 amide bonds. The fourth-order valence-corrected chi connectivity index (χ4v) is 2.84. The van der Waals surface area contributed by atoms with Crippen LogP contribution in [0.4, 0.5) is 0 Å². The molecular weight excluding hydrogens is 330 g/mol. The zero-order valence-electron chi connectivity index (χ0n) is 15.3. The molecular formula is C20H23N3O3. The highest BCUT2D eigenvalue weighted by Crippen LogP contribution is 2.27. The Kier molecular flexibility index (Phi) is 5.41. The molecule has 0 aliphatic carbocycles. The van der Waals surface area contributed by atoms with E-state index >= 15 is 0 Å². The van der Waals surface area contributed by atoms with Crippen molar-refractivity contribution in [1.29, 1.82) is 0 Å². The van der Waals surface area contributed by atoms with Gasteiger partial charge in [0.05, 0.1) is 26.3 Å². The largest absolute Gasteiger partial charge is 0.493 e. The number of rotatable bonds is 7. The van der Waals surface area contributed by atoms with Gasteiger partial charge >= 0.3 is 0 Å². The highest BCUT2D eigenvalue weighted by Gasteiger charge is 2.09. The highest BCUT2D eigenvalue weighted by atomic mass is 16.5. The van der Waals surface area contributed by atoms with E-state index in [1.54, 1.807) is 20.3 Å². The van der Waals surface area contributed by atoms with Crippen LogP contribution in [0, 0.1) is 6.92 Å². The molecule has 1 aromatic carbocycles. The minimum absolute atomic E-state index is 0.0307. The lowest BCUT2D eigenvalue weighted by Gasteiger charge is -2.09. The first kappa shape index (κ1) is 17.8. The van der Waals surface area contributed by atoms with Crippen LogP contribution in [0.3, 0.4) is 0 Å². The van der Waals surface area contributed by atoms with Crippen LogP contribution in [0.2, 0.25) is 0 Å². The van der Waals surface area contributed by atoms with Crippen molar-refractivity contribution < 1.29 is 14.3 Å². The van der Waals surface area contributed by atoms with Crippen molar-refractivity contribution in [2.75, 3.05) is 20.8 Å². The minimum Gasteiger partial charge on any atom is -0.493 e. The van der Waals surface area contributed by atoms with Gasteiger partial charge in [-0.2, -0.15) is 0 Å². The summed E-state index contributed by atoms with van der Waals surface area (Å²) in [6.45, 7) is 2.60. The number of aryl methyl sites for hydroxylation is 1. The Labute approximate surface area is 152 Å². The normalized spacial score (nSPS) is 10.7. The van der Waals surface area contributed by atoms with Gasteiger partial charge < -0.3 is 19.2 Å².